The van der Waals surface area contributed by atoms with Crippen LogP contribution in [0.25, 0.3) is 0 Å². The quantitative estimate of drug-likeness (QED) is 0.257. The predicted octanol–water partition coefficient (Wildman–Crippen LogP) is 6.12. The van der Waals surface area contributed by atoms with Crippen molar-refractivity contribution < 1.29 is 27.4 Å². The molecule has 1 aromatic heterocycles. The largest absolute Gasteiger partial charge is 0.488 e. The number of anilines is 1. The van der Waals surface area contributed by atoms with Crippen LogP contribution in [-0.4, -0.2) is 56.3 Å². The van der Waals surface area contributed by atoms with E-state index in [4.69, 9.17) is 14.2 Å². The second-order valence-corrected chi connectivity index (χ2v) is 17.2. The summed E-state index contributed by atoms with van der Waals surface area (Å²) in [5.41, 5.74) is 0.311. The highest BCUT2D eigenvalue weighted by Crippen LogP contribution is 2.31. The van der Waals surface area contributed by atoms with Crippen LogP contribution in [0.1, 0.15) is 24.2 Å². The van der Waals surface area contributed by atoms with Gasteiger partial charge < -0.3 is 19.5 Å². The van der Waals surface area contributed by atoms with Gasteiger partial charge in [-0.3, -0.25) is 9.48 Å². The Balaban J connectivity index is 1.83. The summed E-state index contributed by atoms with van der Waals surface area (Å²) in [6, 6.07) is 12.7. The molecule has 3 rings (SSSR count). The zero-order valence-electron chi connectivity index (χ0n) is 21.0. The topological polar surface area (TPSA) is 109 Å². The molecule has 0 spiro atoms. The lowest BCUT2D eigenvalue weighted by atomic mass is 10.2. The summed E-state index contributed by atoms with van der Waals surface area (Å²) in [5.74, 6) is 1.25. The first-order valence-corrected chi connectivity index (χ1v) is 17.9. The van der Waals surface area contributed by atoms with Crippen LogP contribution in [-0.2, 0) is 20.9 Å². The molecular formula is C24H30N3O6P3S. The average Bonchev–Trinajstić information content (AvgIpc) is 3.25. The molecule has 0 fully saturated rings. The van der Waals surface area contributed by atoms with Crippen LogP contribution in [0.4, 0.5) is 5.82 Å². The van der Waals surface area contributed by atoms with Crippen LogP contribution >= 0.6 is 22.9 Å². The molecule has 0 radical (unpaired) electrons. The molecule has 37 heavy (non-hydrogen) atoms. The van der Waals surface area contributed by atoms with E-state index < -0.39 is 9.84 Å². The van der Waals surface area contributed by atoms with E-state index in [0.29, 0.717) is 35.2 Å². The van der Waals surface area contributed by atoms with E-state index in [1.54, 1.807) is 48.2 Å². The second-order valence-electron chi connectivity index (χ2n) is 8.12. The highest BCUT2D eigenvalue weighted by atomic mass is 32.2. The van der Waals surface area contributed by atoms with E-state index in [1.165, 1.54) is 20.0 Å². The SMILES string of the molecule is CCP=P(=P)Cn1ccc(NC(=O)c2cc(Oc3ccc(S(C)(=O)=O)cc3)cc(O[C@@H](C)COC)c2)n1. The van der Waals surface area contributed by atoms with Gasteiger partial charge in [0.05, 0.1) is 17.8 Å². The molecule has 1 amide bonds. The molecule has 0 saturated heterocycles. The molecule has 0 saturated carbocycles. The summed E-state index contributed by atoms with van der Waals surface area (Å²) in [6.45, 7) is 3.97. The molecule has 1 N–H and O–H groups in total. The number of carbonyl (C=O) groups is 1. The Kier molecular flexibility index (Phi) is 10.5. The molecule has 0 aliphatic heterocycles. The van der Waals surface area contributed by atoms with E-state index in [-0.39, 0.29) is 23.4 Å². The molecule has 0 bridgehead atoms. The Morgan fingerprint density at radius 3 is 2.51 bits per heavy atom. The zero-order chi connectivity index (χ0) is 27.0. The van der Waals surface area contributed by atoms with Crippen LogP contribution in [0, 0.1) is 0 Å². The number of methoxy groups -OCH3 is 1. The Labute approximate surface area is 221 Å². The van der Waals surface area contributed by atoms with Gasteiger partial charge in [-0.2, -0.15) is 5.10 Å². The van der Waals surface area contributed by atoms with Gasteiger partial charge in [0, 0.05) is 37.3 Å². The minimum atomic E-state index is -3.32. The number of nitrogens with zero attached hydrogens (tertiary/aromatic N) is 2. The maximum Gasteiger partial charge on any atom is 0.257 e. The van der Waals surface area contributed by atoms with Crippen molar-refractivity contribution >= 4 is 44.5 Å². The molecule has 2 aromatic carbocycles. The molecule has 9 nitrogen and oxygen atoms in total. The maximum atomic E-state index is 13.1. The number of hydrogen-bond acceptors (Lipinski definition) is 7. The van der Waals surface area contributed by atoms with Gasteiger partial charge in [-0.1, -0.05) is 29.8 Å². The van der Waals surface area contributed by atoms with Crippen LogP contribution in [0.2, 0.25) is 0 Å². The van der Waals surface area contributed by atoms with Crippen LogP contribution in [0.5, 0.6) is 17.2 Å². The van der Waals surface area contributed by atoms with E-state index in [1.807, 2.05) is 13.1 Å². The van der Waals surface area contributed by atoms with Crippen LogP contribution < -0.4 is 14.8 Å². The lowest BCUT2D eigenvalue weighted by Crippen LogP contribution is -2.18. The van der Waals surface area contributed by atoms with Gasteiger partial charge in [-0.25, -0.2) is 8.42 Å². The summed E-state index contributed by atoms with van der Waals surface area (Å²) in [4.78, 5) is 13.3. The van der Waals surface area contributed by atoms with Gasteiger partial charge in [0.1, 0.15) is 23.4 Å². The Hall–Kier alpha value is -2.47. The molecule has 13 heteroatoms. The number of aromatic nitrogens is 2. The fourth-order valence-corrected chi connectivity index (χ4v) is 8.15. The first-order valence-electron chi connectivity index (χ1n) is 11.4. The van der Waals surface area contributed by atoms with Crippen molar-refractivity contribution in [2.75, 3.05) is 31.5 Å². The van der Waals surface area contributed by atoms with Gasteiger partial charge in [0.25, 0.3) is 5.91 Å². The van der Waals surface area contributed by atoms with Crippen molar-refractivity contribution in [1.29, 1.82) is 0 Å². The van der Waals surface area contributed by atoms with Crippen molar-refractivity contribution in [3.8, 4) is 17.2 Å². The summed E-state index contributed by atoms with van der Waals surface area (Å²) < 4.78 is 42.3. The van der Waals surface area contributed by atoms with Gasteiger partial charge >= 0.3 is 0 Å². The molecule has 1 heterocycles. The predicted molar refractivity (Wildman–Crippen MR) is 151 cm³/mol. The molecular weight excluding hydrogens is 551 g/mol. The van der Waals surface area contributed by atoms with E-state index in [2.05, 4.69) is 25.9 Å². The highest BCUT2D eigenvalue weighted by Gasteiger charge is 2.15. The molecule has 1 unspecified atom stereocenters. The van der Waals surface area contributed by atoms with Crippen molar-refractivity contribution in [3.63, 3.8) is 0 Å². The lowest BCUT2D eigenvalue weighted by molar-refractivity contribution is 0.0915. The first-order chi connectivity index (χ1) is 17.6. The molecule has 0 aliphatic carbocycles. The number of benzene rings is 2. The number of nitrogens with one attached hydrogen (secondary N) is 1. The van der Waals surface area contributed by atoms with Gasteiger partial charge in [-0.15, -0.1) is 0 Å². The third kappa shape index (κ3) is 9.10. The average molecular weight is 582 g/mol. The number of amides is 1. The number of ether oxygens (including phenoxy) is 3. The molecule has 2 atom stereocenters. The second kappa shape index (κ2) is 13.4. The van der Waals surface area contributed by atoms with Gasteiger partial charge in [-0.05, 0) is 49.5 Å². The fourth-order valence-electron chi connectivity index (χ4n) is 3.27. The smallest absolute Gasteiger partial charge is 0.257 e. The third-order valence-corrected chi connectivity index (χ3v) is 11.1. The van der Waals surface area contributed by atoms with Gasteiger partial charge in [0.15, 0.2) is 15.7 Å². The maximum absolute atomic E-state index is 13.1. The van der Waals surface area contributed by atoms with E-state index >= 15 is 0 Å². The summed E-state index contributed by atoms with van der Waals surface area (Å²) >= 11 is 0. The van der Waals surface area contributed by atoms with E-state index in [0.717, 1.165) is 18.7 Å². The minimum Gasteiger partial charge on any atom is -0.488 e. The van der Waals surface area contributed by atoms with E-state index in [9.17, 15) is 13.2 Å². The molecule has 198 valence electrons. The normalized spacial score (nSPS) is 12.7. The number of hydrogen-bond donors (Lipinski definition) is 1. The number of rotatable bonds is 12. The summed E-state index contributed by atoms with van der Waals surface area (Å²) in [6.07, 6.45) is 4.52. The molecule has 3 aromatic rings. The Morgan fingerprint density at radius 2 is 1.86 bits per heavy atom. The van der Waals surface area contributed by atoms with Crippen molar-refractivity contribution in [2.24, 2.45) is 0 Å². The fraction of sp³-hybridized carbons (Fsp3) is 0.333. The molecule has 0 aliphatic rings. The number of carbonyl (C=O) groups excluding carboxylic acids is 1. The standard InChI is InChI=1S/C24H30N3O6P3S/c1-5-35-36(34)16-27-11-10-23(26-27)25-24(28)18-12-20(32-17(2)15-31-3)14-21(13-18)33-19-6-8-22(9-7-19)37(4,29)30/h6-14,17,34H,5,15-16H2,1-4H3,(H,25,26,28)/t17-/m0/s1. The first kappa shape index (κ1) is 29.1. The monoisotopic (exact) mass is 581 g/mol. The third-order valence-electron chi connectivity index (χ3n) is 4.84. The zero-order valence-corrected chi connectivity index (χ0v) is 24.6. The minimum absolute atomic E-state index is 0.186. The van der Waals surface area contributed by atoms with Crippen LogP contribution in [0.3, 0.4) is 0 Å². The summed E-state index contributed by atoms with van der Waals surface area (Å²) in [7, 11) is 3.34. The van der Waals surface area contributed by atoms with Crippen molar-refractivity contribution in [2.45, 2.75) is 31.1 Å². The number of sulfone groups is 1. The van der Waals surface area contributed by atoms with Crippen molar-refractivity contribution in [1.82, 2.24) is 9.78 Å². The Bertz CT molecular complexity index is 1420. The Morgan fingerprint density at radius 1 is 1.16 bits per heavy atom. The lowest BCUT2D eigenvalue weighted by Gasteiger charge is -2.16. The van der Waals surface area contributed by atoms with Crippen LogP contribution in [0.15, 0.2) is 59.6 Å². The van der Waals surface area contributed by atoms with Crippen molar-refractivity contribution in [3.05, 3.63) is 60.3 Å². The summed E-state index contributed by atoms with van der Waals surface area (Å²) in [5, 5.41) is 7.27. The highest BCUT2D eigenvalue weighted by molar-refractivity contribution is 8.07. The van der Waals surface area contributed by atoms with Gasteiger partial charge in [0.2, 0.25) is 0 Å².